The van der Waals surface area contributed by atoms with Crippen LogP contribution in [0, 0.1) is 5.92 Å². The van der Waals surface area contributed by atoms with Gasteiger partial charge in [-0.3, -0.25) is 9.48 Å². The van der Waals surface area contributed by atoms with Crippen LogP contribution in [-0.2, 0) is 40.8 Å². The second kappa shape index (κ2) is 7.93. The maximum Gasteiger partial charge on any atom is 0.220 e. The van der Waals surface area contributed by atoms with Crippen molar-refractivity contribution in [1.29, 1.82) is 0 Å². The minimum Gasteiger partial charge on any atom is -0.381 e. The molecule has 0 saturated carbocycles. The van der Waals surface area contributed by atoms with Crippen molar-refractivity contribution in [2.24, 2.45) is 13.0 Å². The molecule has 2 aliphatic rings. The Labute approximate surface area is 137 Å². The normalized spacial score (nSPS) is 18.7. The van der Waals surface area contributed by atoms with Crippen molar-refractivity contribution in [1.82, 2.24) is 15.1 Å². The Morgan fingerprint density at radius 1 is 1.30 bits per heavy atom. The average Bonchev–Trinajstić information content (AvgIpc) is 2.91. The molecule has 0 bridgehead atoms. The number of nitrogens with zero attached hydrogens (tertiary/aromatic N) is 2. The van der Waals surface area contributed by atoms with E-state index >= 15 is 0 Å². The Morgan fingerprint density at radius 3 is 2.96 bits per heavy atom. The minimum absolute atomic E-state index is 0.119. The summed E-state index contributed by atoms with van der Waals surface area (Å²) in [6.45, 7) is 3.90. The van der Waals surface area contributed by atoms with E-state index in [1.54, 1.807) is 0 Å². The van der Waals surface area contributed by atoms with Gasteiger partial charge in [-0.25, -0.2) is 0 Å². The number of carbonyl (C=O) groups is 1. The van der Waals surface area contributed by atoms with E-state index < -0.39 is 0 Å². The van der Waals surface area contributed by atoms with E-state index in [1.165, 1.54) is 11.3 Å². The van der Waals surface area contributed by atoms with Gasteiger partial charge in [-0.05, 0) is 25.2 Å². The number of aryl methyl sites for hydroxylation is 2. The second-order valence-corrected chi connectivity index (χ2v) is 6.49. The summed E-state index contributed by atoms with van der Waals surface area (Å²) in [7, 11) is 1.97. The van der Waals surface area contributed by atoms with Gasteiger partial charge in [0.1, 0.15) is 0 Å². The Kier molecular flexibility index (Phi) is 5.67. The zero-order valence-electron chi connectivity index (χ0n) is 14.0. The first-order valence-corrected chi connectivity index (χ1v) is 8.70. The number of hydrogen-bond acceptors (Lipinski definition) is 4. The van der Waals surface area contributed by atoms with Crippen molar-refractivity contribution >= 4 is 5.91 Å². The number of carbonyl (C=O) groups excluding carboxylic acids is 1. The van der Waals surface area contributed by atoms with Gasteiger partial charge in [0.25, 0.3) is 0 Å². The van der Waals surface area contributed by atoms with Crippen molar-refractivity contribution in [2.75, 3.05) is 26.4 Å². The van der Waals surface area contributed by atoms with Gasteiger partial charge in [0, 0.05) is 57.3 Å². The van der Waals surface area contributed by atoms with Crippen LogP contribution >= 0.6 is 0 Å². The summed E-state index contributed by atoms with van der Waals surface area (Å²) in [5.41, 5.74) is 3.46. The number of ether oxygens (including phenoxy) is 2. The van der Waals surface area contributed by atoms with E-state index in [1.807, 2.05) is 11.7 Å². The molecule has 6 heteroatoms. The molecule has 0 radical (unpaired) electrons. The van der Waals surface area contributed by atoms with Crippen LogP contribution in [0.1, 0.15) is 42.6 Å². The zero-order valence-corrected chi connectivity index (χ0v) is 14.0. The first-order chi connectivity index (χ1) is 11.2. The van der Waals surface area contributed by atoms with E-state index in [0.717, 1.165) is 57.7 Å². The largest absolute Gasteiger partial charge is 0.381 e. The second-order valence-electron chi connectivity index (χ2n) is 6.49. The van der Waals surface area contributed by atoms with Crippen LogP contribution in [0.2, 0.25) is 0 Å². The van der Waals surface area contributed by atoms with Crippen LogP contribution in [0.25, 0.3) is 0 Å². The lowest BCUT2D eigenvalue weighted by molar-refractivity contribution is -0.121. The lowest BCUT2D eigenvalue weighted by atomic mass is 9.97. The predicted octanol–water partition coefficient (Wildman–Crippen LogP) is 1.36. The van der Waals surface area contributed by atoms with Crippen LogP contribution in [0.3, 0.4) is 0 Å². The Balaban J connectivity index is 1.40. The third-order valence-electron chi connectivity index (χ3n) is 4.89. The molecule has 0 atom stereocenters. The van der Waals surface area contributed by atoms with Crippen molar-refractivity contribution in [3.8, 4) is 0 Å². The maximum absolute atomic E-state index is 12.0. The molecule has 2 aliphatic heterocycles. The van der Waals surface area contributed by atoms with E-state index in [9.17, 15) is 4.79 Å². The van der Waals surface area contributed by atoms with Crippen LogP contribution in [0.15, 0.2) is 0 Å². The Bertz CT molecular complexity index is 535. The molecule has 1 saturated heterocycles. The molecule has 1 N–H and O–H groups in total. The number of rotatable bonds is 6. The molecule has 0 aromatic carbocycles. The van der Waals surface area contributed by atoms with Crippen molar-refractivity contribution in [3.05, 3.63) is 17.0 Å². The number of amides is 1. The van der Waals surface area contributed by atoms with Crippen LogP contribution in [0.5, 0.6) is 0 Å². The standard InChI is InChI=1S/C17H27N3O3/c1-20-16-7-11-23-12-14(16)15(19-20)2-3-17(21)18-8-4-13-5-9-22-10-6-13/h13H,2-12H2,1H3,(H,18,21). The van der Waals surface area contributed by atoms with Crippen molar-refractivity contribution in [2.45, 2.75) is 45.1 Å². The topological polar surface area (TPSA) is 65.4 Å². The molecule has 1 aromatic heterocycles. The lowest BCUT2D eigenvalue weighted by Crippen LogP contribution is -2.27. The first-order valence-electron chi connectivity index (χ1n) is 8.70. The number of nitrogens with one attached hydrogen (secondary N) is 1. The zero-order chi connectivity index (χ0) is 16.1. The fraction of sp³-hybridized carbons (Fsp3) is 0.765. The number of fused-ring (bicyclic) bond motifs is 1. The number of aromatic nitrogens is 2. The third kappa shape index (κ3) is 4.32. The number of hydrogen-bond donors (Lipinski definition) is 1. The van der Waals surface area contributed by atoms with Crippen molar-refractivity contribution < 1.29 is 14.3 Å². The molecule has 23 heavy (non-hydrogen) atoms. The van der Waals surface area contributed by atoms with Gasteiger partial charge in [-0.15, -0.1) is 0 Å². The van der Waals surface area contributed by atoms with E-state index in [0.29, 0.717) is 25.4 Å². The molecule has 1 aromatic rings. The third-order valence-corrected chi connectivity index (χ3v) is 4.89. The molecular weight excluding hydrogens is 294 g/mol. The van der Waals surface area contributed by atoms with Gasteiger partial charge >= 0.3 is 0 Å². The fourth-order valence-electron chi connectivity index (χ4n) is 3.46. The molecule has 0 unspecified atom stereocenters. The highest BCUT2D eigenvalue weighted by molar-refractivity contribution is 5.76. The first kappa shape index (κ1) is 16.5. The molecule has 1 fully saturated rings. The quantitative estimate of drug-likeness (QED) is 0.859. The summed E-state index contributed by atoms with van der Waals surface area (Å²) in [5.74, 6) is 0.817. The predicted molar refractivity (Wildman–Crippen MR) is 86.1 cm³/mol. The Morgan fingerprint density at radius 2 is 2.13 bits per heavy atom. The van der Waals surface area contributed by atoms with Gasteiger partial charge in [0.05, 0.1) is 18.9 Å². The maximum atomic E-state index is 12.0. The molecule has 6 nitrogen and oxygen atoms in total. The smallest absolute Gasteiger partial charge is 0.220 e. The summed E-state index contributed by atoms with van der Waals surface area (Å²) in [6.07, 6.45) is 5.40. The van der Waals surface area contributed by atoms with Crippen LogP contribution in [-0.4, -0.2) is 42.1 Å². The minimum atomic E-state index is 0.119. The highest BCUT2D eigenvalue weighted by atomic mass is 16.5. The van der Waals surface area contributed by atoms with Gasteiger partial charge in [0.2, 0.25) is 5.91 Å². The van der Waals surface area contributed by atoms with Gasteiger partial charge in [-0.1, -0.05) is 0 Å². The van der Waals surface area contributed by atoms with Crippen LogP contribution in [0.4, 0.5) is 0 Å². The van der Waals surface area contributed by atoms with Gasteiger partial charge in [0.15, 0.2) is 0 Å². The summed E-state index contributed by atoms with van der Waals surface area (Å²) >= 11 is 0. The summed E-state index contributed by atoms with van der Waals surface area (Å²) < 4.78 is 12.8. The molecule has 3 heterocycles. The molecule has 3 rings (SSSR count). The summed E-state index contributed by atoms with van der Waals surface area (Å²) in [6, 6.07) is 0. The SMILES string of the molecule is Cn1nc(CCC(=O)NCCC2CCOCC2)c2c1CCOC2. The highest BCUT2D eigenvalue weighted by Gasteiger charge is 2.20. The van der Waals surface area contributed by atoms with Crippen molar-refractivity contribution in [3.63, 3.8) is 0 Å². The van der Waals surface area contributed by atoms with Crippen LogP contribution < -0.4 is 5.32 Å². The molecular formula is C17H27N3O3. The molecule has 0 spiro atoms. The summed E-state index contributed by atoms with van der Waals surface area (Å²) in [5, 5.41) is 7.60. The monoisotopic (exact) mass is 321 g/mol. The summed E-state index contributed by atoms with van der Waals surface area (Å²) in [4.78, 5) is 12.0. The molecule has 128 valence electrons. The molecule has 0 aliphatic carbocycles. The van der Waals surface area contributed by atoms with E-state index in [2.05, 4.69) is 10.4 Å². The van der Waals surface area contributed by atoms with Gasteiger partial charge < -0.3 is 14.8 Å². The lowest BCUT2D eigenvalue weighted by Gasteiger charge is -2.21. The average molecular weight is 321 g/mol. The highest BCUT2D eigenvalue weighted by Crippen LogP contribution is 2.21. The van der Waals surface area contributed by atoms with E-state index in [-0.39, 0.29) is 5.91 Å². The van der Waals surface area contributed by atoms with E-state index in [4.69, 9.17) is 9.47 Å². The Hall–Kier alpha value is -1.40. The molecule has 1 amide bonds. The van der Waals surface area contributed by atoms with Gasteiger partial charge in [-0.2, -0.15) is 5.10 Å². The fourth-order valence-corrected chi connectivity index (χ4v) is 3.46.